The van der Waals surface area contributed by atoms with Gasteiger partial charge in [0.2, 0.25) is 5.78 Å². The van der Waals surface area contributed by atoms with Crippen LogP contribution in [0.25, 0.3) is 6.08 Å². The van der Waals surface area contributed by atoms with E-state index in [1.54, 1.807) is 49.4 Å². The highest BCUT2D eigenvalue weighted by atomic mass is 79.9. The van der Waals surface area contributed by atoms with Gasteiger partial charge in [-0.2, -0.15) is 0 Å². The molecule has 6 nitrogen and oxygen atoms in total. The van der Waals surface area contributed by atoms with E-state index in [0.29, 0.717) is 46.1 Å². The highest BCUT2D eigenvalue weighted by molar-refractivity contribution is 9.10. The number of hydrogen-bond donors (Lipinski definition) is 0. The smallest absolute Gasteiger partial charge is 0.343 e. The van der Waals surface area contributed by atoms with Crippen molar-refractivity contribution in [2.75, 3.05) is 6.79 Å². The van der Waals surface area contributed by atoms with Crippen molar-refractivity contribution in [2.24, 2.45) is 0 Å². The number of ether oxygens (including phenoxy) is 4. The summed E-state index contributed by atoms with van der Waals surface area (Å²) in [4.78, 5) is 25.4. The SMILES string of the molecule is Cc1cc(OC(=O)c2ccccc2)cc2c1C(=O)/C(=C/c1cc(Br)cc3c1OCOC3)O2. The molecule has 0 aromatic heterocycles. The molecule has 160 valence electrons. The Labute approximate surface area is 192 Å². The number of aryl methyl sites for hydroxylation is 1. The van der Waals surface area contributed by atoms with E-state index in [-0.39, 0.29) is 18.3 Å². The third kappa shape index (κ3) is 3.81. The Morgan fingerprint density at radius 2 is 1.94 bits per heavy atom. The predicted octanol–water partition coefficient (Wildman–Crippen LogP) is 5.46. The van der Waals surface area contributed by atoms with Gasteiger partial charge in [-0.15, -0.1) is 0 Å². The van der Waals surface area contributed by atoms with E-state index in [0.717, 1.165) is 10.0 Å². The number of hydrogen-bond acceptors (Lipinski definition) is 6. The molecule has 0 amide bonds. The molecule has 0 spiro atoms. The maximum atomic E-state index is 13.1. The molecular weight excluding hydrogens is 476 g/mol. The summed E-state index contributed by atoms with van der Waals surface area (Å²) >= 11 is 3.48. The van der Waals surface area contributed by atoms with Gasteiger partial charge in [0, 0.05) is 21.7 Å². The molecule has 0 bridgehead atoms. The van der Waals surface area contributed by atoms with Crippen LogP contribution >= 0.6 is 15.9 Å². The second kappa shape index (κ2) is 8.26. The highest BCUT2D eigenvalue weighted by Crippen LogP contribution is 2.39. The second-order valence-electron chi connectivity index (χ2n) is 7.40. The summed E-state index contributed by atoms with van der Waals surface area (Å²) in [5.41, 5.74) is 3.14. The maximum Gasteiger partial charge on any atom is 0.343 e. The first-order valence-electron chi connectivity index (χ1n) is 9.88. The summed E-state index contributed by atoms with van der Waals surface area (Å²) in [6.45, 7) is 2.36. The van der Waals surface area contributed by atoms with Gasteiger partial charge >= 0.3 is 5.97 Å². The van der Waals surface area contributed by atoms with Gasteiger partial charge in [0.05, 0.1) is 17.7 Å². The molecule has 2 aliphatic rings. The molecule has 0 atom stereocenters. The van der Waals surface area contributed by atoms with Crippen LogP contribution in [0, 0.1) is 6.92 Å². The molecule has 32 heavy (non-hydrogen) atoms. The minimum Gasteiger partial charge on any atom is -0.467 e. The average molecular weight is 493 g/mol. The van der Waals surface area contributed by atoms with Crippen molar-refractivity contribution in [3.8, 4) is 17.2 Å². The molecule has 3 aromatic carbocycles. The zero-order valence-electron chi connectivity index (χ0n) is 17.0. The summed E-state index contributed by atoms with van der Waals surface area (Å²) in [7, 11) is 0. The molecule has 0 aliphatic carbocycles. The Morgan fingerprint density at radius 3 is 2.75 bits per heavy atom. The first-order chi connectivity index (χ1) is 15.5. The van der Waals surface area contributed by atoms with Crippen LogP contribution < -0.4 is 14.2 Å². The standard InChI is InChI=1S/C25H17BrO6/c1-14-7-19(31-25(28)15-5-3-2-4-6-15)11-20-22(14)23(27)21(32-20)10-16-8-18(26)9-17-12-29-13-30-24(16)17/h2-11H,12-13H2,1H3/b21-10-. The number of halogens is 1. The highest BCUT2D eigenvalue weighted by Gasteiger charge is 2.31. The number of benzene rings is 3. The van der Waals surface area contributed by atoms with E-state index in [9.17, 15) is 9.59 Å². The number of carbonyl (C=O) groups is 2. The number of carbonyl (C=O) groups excluding carboxylic acids is 2. The van der Waals surface area contributed by atoms with Crippen LogP contribution in [-0.4, -0.2) is 18.5 Å². The van der Waals surface area contributed by atoms with Crippen LogP contribution in [-0.2, 0) is 11.3 Å². The normalized spacial score (nSPS) is 15.6. The summed E-state index contributed by atoms with van der Waals surface area (Å²) in [6, 6.07) is 15.7. The molecule has 0 radical (unpaired) electrons. The number of rotatable bonds is 3. The molecule has 0 saturated carbocycles. The van der Waals surface area contributed by atoms with Crippen LogP contribution in [0.3, 0.4) is 0 Å². The van der Waals surface area contributed by atoms with Crippen molar-refractivity contribution >= 4 is 33.8 Å². The molecule has 0 unspecified atom stereocenters. The van der Waals surface area contributed by atoms with Gasteiger partial charge in [0.25, 0.3) is 0 Å². The third-order valence-corrected chi connectivity index (χ3v) is 5.61. The molecular formula is C25H17BrO6. The first kappa shape index (κ1) is 20.5. The summed E-state index contributed by atoms with van der Waals surface area (Å²) in [6.07, 6.45) is 1.66. The topological polar surface area (TPSA) is 71.1 Å². The Bertz CT molecular complexity index is 1280. The second-order valence-corrected chi connectivity index (χ2v) is 8.32. The average Bonchev–Trinajstić information content (AvgIpc) is 3.09. The van der Waals surface area contributed by atoms with Gasteiger partial charge in [0.15, 0.2) is 12.6 Å². The predicted molar refractivity (Wildman–Crippen MR) is 120 cm³/mol. The van der Waals surface area contributed by atoms with E-state index in [1.807, 2.05) is 18.2 Å². The van der Waals surface area contributed by atoms with Crippen molar-refractivity contribution < 1.29 is 28.5 Å². The van der Waals surface area contributed by atoms with Gasteiger partial charge in [-0.25, -0.2) is 4.79 Å². The lowest BCUT2D eigenvalue weighted by Gasteiger charge is -2.20. The lowest BCUT2D eigenvalue weighted by atomic mass is 10.0. The fourth-order valence-corrected chi connectivity index (χ4v) is 4.26. The van der Waals surface area contributed by atoms with Crippen LogP contribution in [0.5, 0.6) is 17.2 Å². The van der Waals surface area contributed by atoms with Gasteiger partial charge in [-0.3, -0.25) is 4.79 Å². The molecule has 2 heterocycles. The van der Waals surface area contributed by atoms with Crippen molar-refractivity contribution in [2.45, 2.75) is 13.5 Å². The molecule has 0 N–H and O–H groups in total. The summed E-state index contributed by atoms with van der Waals surface area (Å²) in [5.74, 6) is 0.776. The minimum absolute atomic E-state index is 0.148. The molecule has 7 heteroatoms. The summed E-state index contributed by atoms with van der Waals surface area (Å²) in [5, 5.41) is 0. The van der Waals surface area contributed by atoms with Crippen molar-refractivity contribution in [3.05, 3.63) is 92.6 Å². The number of fused-ring (bicyclic) bond motifs is 2. The zero-order chi connectivity index (χ0) is 22.2. The quantitative estimate of drug-likeness (QED) is 0.274. The van der Waals surface area contributed by atoms with Crippen molar-refractivity contribution in [1.82, 2.24) is 0 Å². The molecule has 0 fully saturated rings. The van der Waals surface area contributed by atoms with Gasteiger partial charge < -0.3 is 18.9 Å². The van der Waals surface area contributed by atoms with Crippen molar-refractivity contribution in [1.29, 1.82) is 0 Å². The van der Waals surface area contributed by atoms with E-state index in [1.165, 1.54) is 0 Å². The van der Waals surface area contributed by atoms with E-state index in [4.69, 9.17) is 18.9 Å². The minimum atomic E-state index is -0.481. The Hall–Kier alpha value is -3.42. The fraction of sp³-hybridized carbons (Fsp3) is 0.120. The number of esters is 1. The lowest BCUT2D eigenvalue weighted by molar-refractivity contribution is -0.0165. The summed E-state index contributed by atoms with van der Waals surface area (Å²) < 4.78 is 23.2. The van der Waals surface area contributed by atoms with Crippen LogP contribution in [0.1, 0.15) is 37.4 Å². The van der Waals surface area contributed by atoms with Crippen LogP contribution in [0.15, 0.2) is 64.8 Å². The molecule has 0 saturated heterocycles. The largest absolute Gasteiger partial charge is 0.467 e. The van der Waals surface area contributed by atoms with E-state index >= 15 is 0 Å². The van der Waals surface area contributed by atoms with Gasteiger partial charge in [-0.1, -0.05) is 34.1 Å². The molecule has 5 rings (SSSR count). The number of Topliss-reactive ketones (excluding diaryl/α,β-unsaturated/α-hetero) is 1. The van der Waals surface area contributed by atoms with Crippen LogP contribution in [0.2, 0.25) is 0 Å². The molecule has 2 aliphatic heterocycles. The van der Waals surface area contributed by atoms with E-state index in [2.05, 4.69) is 15.9 Å². The Kier molecular flexibility index (Phi) is 5.28. The number of allylic oxidation sites excluding steroid dienone is 1. The van der Waals surface area contributed by atoms with Gasteiger partial charge in [-0.05, 0) is 48.9 Å². The monoisotopic (exact) mass is 492 g/mol. The first-order valence-corrected chi connectivity index (χ1v) is 10.7. The van der Waals surface area contributed by atoms with E-state index < -0.39 is 5.97 Å². The lowest BCUT2D eigenvalue weighted by Crippen LogP contribution is -2.12. The fourth-order valence-electron chi connectivity index (χ4n) is 3.73. The molecule has 3 aromatic rings. The zero-order valence-corrected chi connectivity index (χ0v) is 18.6. The third-order valence-electron chi connectivity index (χ3n) is 5.15. The Morgan fingerprint density at radius 1 is 1.12 bits per heavy atom. The van der Waals surface area contributed by atoms with Gasteiger partial charge in [0.1, 0.15) is 17.2 Å². The van der Waals surface area contributed by atoms with Crippen LogP contribution in [0.4, 0.5) is 0 Å². The van der Waals surface area contributed by atoms with Crippen molar-refractivity contribution in [3.63, 3.8) is 0 Å². The Balaban J connectivity index is 1.46. The maximum absolute atomic E-state index is 13.1. The number of ketones is 1.